The first kappa shape index (κ1) is 12.5. The molecule has 6 nitrogen and oxygen atoms in total. The van der Waals surface area contributed by atoms with E-state index in [9.17, 15) is 9.59 Å². The van der Waals surface area contributed by atoms with Gasteiger partial charge >= 0.3 is 5.97 Å². The molecule has 0 aliphatic rings. The fraction of sp³-hybridized carbons (Fsp3) is 0.182. The third-order valence-electron chi connectivity index (χ3n) is 1.71. The van der Waals surface area contributed by atoms with Crippen LogP contribution in [-0.4, -0.2) is 18.5 Å². The number of nitriles is 1. The summed E-state index contributed by atoms with van der Waals surface area (Å²) in [5.41, 5.74) is -0.285. The van der Waals surface area contributed by atoms with Crippen molar-refractivity contribution in [3.8, 4) is 6.07 Å². The largest absolute Gasteiger partial charge is 0.462 e. The molecule has 17 heavy (non-hydrogen) atoms. The molecule has 88 valence electrons. The number of nitrogens with zero attached hydrogens (tertiary/aromatic N) is 1. The van der Waals surface area contributed by atoms with Gasteiger partial charge in [0.1, 0.15) is 6.07 Å². The van der Waals surface area contributed by atoms with E-state index in [-0.39, 0.29) is 17.9 Å². The van der Waals surface area contributed by atoms with Crippen LogP contribution in [0, 0.1) is 11.3 Å². The lowest BCUT2D eigenvalue weighted by Crippen LogP contribution is -2.19. The Hall–Kier alpha value is -2.55. The average molecular weight is 234 g/mol. The molecule has 6 heteroatoms. The summed E-state index contributed by atoms with van der Waals surface area (Å²) in [4.78, 5) is 22.6. The van der Waals surface area contributed by atoms with Crippen molar-refractivity contribution < 1.29 is 18.7 Å². The van der Waals surface area contributed by atoms with Gasteiger partial charge in [-0.3, -0.25) is 4.79 Å². The summed E-state index contributed by atoms with van der Waals surface area (Å²) in [5.74, 6) is -1.25. The Morgan fingerprint density at radius 3 is 2.94 bits per heavy atom. The molecule has 0 spiro atoms. The molecule has 0 aliphatic carbocycles. The first-order chi connectivity index (χ1) is 8.19. The van der Waals surface area contributed by atoms with Crippen molar-refractivity contribution >= 4 is 11.9 Å². The van der Waals surface area contributed by atoms with Gasteiger partial charge in [0, 0.05) is 6.20 Å². The molecule has 0 atom stereocenters. The number of nitrogens with one attached hydrogen (secondary N) is 1. The lowest BCUT2D eigenvalue weighted by Gasteiger charge is -2.00. The standard InChI is InChI=1S/C11H10N2O4/c1-2-16-11(15)8(6-12)7-13-10(14)9-4-3-5-17-9/h3-5,7H,2H2,1H3,(H,13,14)/b8-7+. The molecule has 0 saturated carbocycles. The van der Waals surface area contributed by atoms with Gasteiger partial charge in [-0.15, -0.1) is 0 Å². The van der Waals surface area contributed by atoms with Crippen LogP contribution in [0.1, 0.15) is 17.5 Å². The van der Waals surface area contributed by atoms with E-state index in [1.807, 2.05) is 0 Å². The summed E-state index contributed by atoms with van der Waals surface area (Å²) < 4.78 is 9.44. The molecular formula is C11H10N2O4. The molecule has 0 bridgehead atoms. The lowest BCUT2D eigenvalue weighted by molar-refractivity contribution is -0.138. The van der Waals surface area contributed by atoms with Crippen LogP contribution in [0.2, 0.25) is 0 Å². The number of hydrogen-bond acceptors (Lipinski definition) is 5. The van der Waals surface area contributed by atoms with Gasteiger partial charge in [0.15, 0.2) is 11.3 Å². The lowest BCUT2D eigenvalue weighted by atomic mass is 10.3. The van der Waals surface area contributed by atoms with Crippen LogP contribution in [0.25, 0.3) is 0 Å². The van der Waals surface area contributed by atoms with Gasteiger partial charge in [-0.1, -0.05) is 0 Å². The average Bonchev–Trinajstić information content (AvgIpc) is 2.83. The number of ether oxygens (including phenoxy) is 1. The highest BCUT2D eigenvalue weighted by Gasteiger charge is 2.11. The van der Waals surface area contributed by atoms with Gasteiger partial charge in [-0.25, -0.2) is 4.79 Å². The molecule has 0 saturated heterocycles. The molecular weight excluding hydrogens is 224 g/mol. The highest BCUT2D eigenvalue weighted by atomic mass is 16.5. The van der Waals surface area contributed by atoms with Crippen molar-refractivity contribution in [3.05, 3.63) is 35.9 Å². The first-order valence-corrected chi connectivity index (χ1v) is 4.80. The molecule has 0 radical (unpaired) electrons. The van der Waals surface area contributed by atoms with Crippen molar-refractivity contribution in [2.45, 2.75) is 6.92 Å². The third kappa shape index (κ3) is 3.50. The van der Waals surface area contributed by atoms with Crippen molar-refractivity contribution in [2.24, 2.45) is 0 Å². The van der Waals surface area contributed by atoms with E-state index in [0.29, 0.717) is 0 Å². The van der Waals surface area contributed by atoms with Gasteiger partial charge in [-0.05, 0) is 19.1 Å². The topological polar surface area (TPSA) is 92.3 Å². The minimum atomic E-state index is -0.783. The van der Waals surface area contributed by atoms with E-state index < -0.39 is 11.9 Å². The fourth-order valence-corrected chi connectivity index (χ4v) is 0.962. The van der Waals surface area contributed by atoms with Crippen LogP contribution >= 0.6 is 0 Å². The molecule has 1 heterocycles. The predicted molar refractivity (Wildman–Crippen MR) is 56.5 cm³/mol. The summed E-state index contributed by atoms with van der Waals surface area (Å²) in [7, 11) is 0. The summed E-state index contributed by atoms with van der Waals surface area (Å²) in [6.07, 6.45) is 2.33. The van der Waals surface area contributed by atoms with E-state index in [4.69, 9.17) is 9.68 Å². The summed E-state index contributed by atoms with van der Waals surface area (Å²) in [5, 5.41) is 10.9. The Labute approximate surface area is 97.5 Å². The van der Waals surface area contributed by atoms with Crippen LogP contribution in [0.5, 0.6) is 0 Å². The predicted octanol–water partition coefficient (Wildman–Crippen LogP) is 0.980. The van der Waals surface area contributed by atoms with E-state index in [1.54, 1.807) is 19.1 Å². The summed E-state index contributed by atoms with van der Waals surface area (Å²) in [6.45, 7) is 1.78. The quantitative estimate of drug-likeness (QED) is 0.476. The molecule has 1 rings (SSSR count). The minimum absolute atomic E-state index is 0.0856. The third-order valence-corrected chi connectivity index (χ3v) is 1.71. The molecule has 0 unspecified atom stereocenters. The zero-order valence-corrected chi connectivity index (χ0v) is 9.10. The number of hydrogen-bond donors (Lipinski definition) is 1. The SMILES string of the molecule is CCOC(=O)/C(C#N)=C/NC(=O)c1ccco1. The second kappa shape index (κ2) is 6.12. The van der Waals surface area contributed by atoms with Crippen LogP contribution in [0.3, 0.4) is 0 Å². The maximum atomic E-state index is 11.4. The molecule has 1 aromatic rings. The van der Waals surface area contributed by atoms with Gasteiger partial charge in [0.25, 0.3) is 5.91 Å². The van der Waals surface area contributed by atoms with Crippen molar-refractivity contribution in [1.29, 1.82) is 5.26 Å². The Morgan fingerprint density at radius 2 is 2.41 bits per heavy atom. The normalized spacial score (nSPS) is 10.5. The van der Waals surface area contributed by atoms with E-state index >= 15 is 0 Å². The van der Waals surface area contributed by atoms with Crippen molar-refractivity contribution in [1.82, 2.24) is 5.32 Å². The Balaban J connectivity index is 2.66. The van der Waals surface area contributed by atoms with Gasteiger partial charge in [0.05, 0.1) is 12.9 Å². The van der Waals surface area contributed by atoms with E-state index in [2.05, 4.69) is 10.1 Å². The van der Waals surface area contributed by atoms with Crippen LogP contribution in [0.15, 0.2) is 34.6 Å². The maximum absolute atomic E-state index is 11.4. The number of esters is 1. The Morgan fingerprint density at radius 1 is 1.65 bits per heavy atom. The second-order valence-corrected chi connectivity index (χ2v) is 2.84. The Kier molecular flexibility index (Phi) is 4.51. The number of rotatable bonds is 4. The van der Waals surface area contributed by atoms with E-state index in [1.165, 1.54) is 12.3 Å². The number of carbonyl (C=O) groups excluding carboxylic acids is 2. The minimum Gasteiger partial charge on any atom is -0.462 e. The molecule has 1 N–H and O–H groups in total. The van der Waals surface area contributed by atoms with Gasteiger partial charge in [-0.2, -0.15) is 5.26 Å². The maximum Gasteiger partial charge on any atom is 0.350 e. The highest BCUT2D eigenvalue weighted by Crippen LogP contribution is 2.00. The number of amides is 1. The van der Waals surface area contributed by atoms with Gasteiger partial charge in [0.2, 0.25) is 0 Å². The number of furan rings is 1. The van der Waals surface area contributed by atoms with E-state index in [0.717, 1.165) is 6.20 Å². The molecule has 0 aromatic carbocycles. The zero-order chi connectivity index (χ0) is 12.7. The Bertz CT molecular complexity index is 468. The molecule has 1 aromatic heterocycles. The summed E-state index contributed by atoms with van der Waals surface area (Å²) >= 11 is 0. The monoisotopic (exact) mass is 234 g/mol. The van der Waals surface area contributed by atoms with Crippen molar-refractivity contribution in [3.63, 3.8) is 0 Å². The first-order valence-electron chi connectivity index (χ1n) is 4.80. The number of carbonyl (C=O) groups is 2. The smallest absolute Gasteiger partial charge is 0.350 e. The van der Waals surface area contributed by atoms with Crippen LogP contribution in [0.4, 0.5) is 0 Å². The second-order valence-electron chi connectivity index (χ2n) is 2.84. The fourth-order valence-electron chi connectivity index (χ4n) is 0.962. The van der Waals surface area contributed by atoms with Crippen molar-refractivity contribution in [2.75, 3.05) is 6.61 Å². The molecule has 0 fully saturated rings. The van der Waals surface area contributed by atoms with Gasteiger partial charge < -0.3 is 14.5 Å². The molecule has 0 aliphatic heterocycles. The highest BCUT2D eigenvalue weighted by molar-refractivity contribution is 5.95. The van der Waals surface area contributed by atoms with Crippen LogP contribution in [-0.2, 0) is 9.53 Å². The zero-order valence-electron chi connectivity index (χ0n) is 9.10. The summed E-state index contributed by atoms with van der Waals surface area (Å²) in [6, 6.07) is 4.64. The molecule has 1 amide bonds. The van der Waals surface area contributed by atoms with Crippen LogP contribution < -0.4 is 5.32 Å².